The fourth-order valence-electron chi connectivity index (χ4n) is 2.94. The monoisotopic (exact) mass is 369 g/mol. The SMILES string of the molecule is Cc1cc(C)cc(NC(=O)c2cccc(C(=O)Nc3ccccc3C#N)c2)c1. The van der Waals surface area contributed by atoms with E-state index in [4.69, 9.17) is 5.26 Å². The molecule has 5 heteroatoms. The van der Waals surface area contributed by atoms with Gasteiger partial charge >= 0.3 is 0 Å². The quantitative estimate of drug-likeness (QED) is 0.700. The van der Waals surface area contributed by atoms with Crippen molar-refractivity contribution in [2.75, 3.05) is 10.6 Å². The second kappa shape index (κ2) is 8.19. The smallest absolute Gasteiger partial charge is 0.255 e. The summed E-state index contributed by atoms with van der Waals surface area (Å²) in [4.78, 5) is 25.1. The Kier molecular flexibility index (Phi) is 5.52. The van der Waals surface area contributed by atoms with Crippen molar-refractivity contribution in [1.82, 2.24) is 0 Å². The number of nitrogens with zero attached hydrogens (tertiary/aromatic N) is 1. The molecule has 0 unspecified atom stereocenters. The highest BCUT2D eigenvalue weighted by Gasteiger charge is 2.12. The molecule has 5 nitrogen and oxygen atoms in total. The third kappa shape index (κ3) is 4.43. The Morgan fingerprint density at radius 3 is 2.04 bits per heavy atom. The minimum Gasteiger partial charge on any atom is -0.322 e. The molecule has 0 heterocycles. The predicted octanol–water partition coefficient (Wildman–Crippen LogP) is 4.68. The van der Waals surface area contributed by atoms with Gasteiger partial charge in [-0.1, -0.05) is 24.3 Å². The standard InChI is InChI=1S/C23H19N3O2/c1-15-10-16(2)12-20(11-15)25-22(27)17-7-5-8-18(13-17)23(28)26-21-9-4-3-6-19(21)14-24/h3-13H,1-2H3,(H,25,27)(H,26,28). The Bertz CT molecular complexity index is 1080. The van der Waals surface area contributed by atoms with E-state index in [1.807, 2.05) is 38.1 Å². The van der Waals surface area contributed by atoms with Crippen molar-refractivity contribution < 1.29 is 9.59 Å². The molecule has 0 radical (unpaired) electrons. The molecular formula is C23H19N3O2. The first kappa shape index (κ1) is 18.9. The second-order valence-corrected chi connectivity index (χ2v) is 6.52. The van der Waals surface area contributed by atoms with Crippen LogP contribution in [-0.2, 0) is 0 Å². The lowest BCUT2D eigenvalue weighted by atomic mass is 10.1. The van der Waals surface area contributed by atoms with Crippen LogP contribution in [0.25, 0.3) is 0 Å². The predicted molar refractivity (Wildman–Crippen MR) is 109 cm³/mol. The molecule has 3 aromatic carbocycles. The summed E-state index contributed by atoms with van der Waals surface area (Å²) in [6.07, 6.45) is 0. The van der Waals surface area contributed by atoms with E-state index in [0.717, 1.165) is 11.1 Å². The molecule has 0 aliphatic heterocycles. The van der Waals surface area contributed by atoms with Crippen molar-refractivity contribution in [2.45, 2.75) is 13.8 Å². The van der Waals surface area contributed by atoms with E-state index in [0.29, 0.717) is 28.1 Å². The van der Waals surface area contributed by atoms with E-state index < -0.39 is 0 Å². The molecule has 2 amide bonds. The maximum Gasteiger partial charge on any atom is 0.255 e. The highest BCUT2D eigenvalue weighted by atomic mass is 16.2. The molecule has 0 aliphatic carbocycles. The van der Waals surface area contributed by atoms with Crippen LogP contribution >= 0.6 is 0 Å². The summed E-state index contributed by atoms with van der Waals surface area (Å²) in [5.41, 5.74) is 4.33. The fraction of sp³-hybridized carbons (Fsp3) is 0.0870. The number of para-hydroxylation sites is 1. The molecule has 2 N–H and O–H groups in total. The van der Waals surface area contributed by atoms with Crippen LogP contribution < -0.4 is 10.6 Å². The Balaban J connectivity index is 1.78. The molecule has 138 valence electrons. The van der Waals surface area contributed by atoms with E-state index in [9.17, 15) is 9.59 Å². The van der Waals surface area contributed by atoms with E-state index >= 15 is 0 Å². The van der Waals surface area contributed by atoms with E-state index in [-0.39, 0.29) is 11.8 Å². The van der Waals surface area contributed by atoms with Crippen LogP contribution in [0.4, 0.5) is 11.4 Å². The van der Waals surface area contributed by atoms with Gasteiger partial charge in [-0.25, -0.2) is 0 Å². The van der Waals surface area contributed by atoms with Crippen molar-refractivity contribution in [3.05, 3.63) is 94.5 Å². The van der Waals surface area contributed by atoms with Gasteiger partial charge in [-0.2, -0.15) is 5.26 Å². The van der Waals surface area contributed by atoms with Crippen molar-refractivity contribution in [2.24, 2.45) is 0 Å². The number of carbonyl (C=O) groups excluding carboxylic acids is 2. The highest BCUT2D eigenvalue weighted by Crippen LogP contribution is 2.17. The van der Waals surface area contributed by atoms with Crippen LogP contribution in [0.1, 0.15) is 37.4 Å². The van der Waals surface area contributed by atoms with Crippen LogP contribution in [0.2, 0.25) is 0 Å². The largest absolute Gasteiger partial charge is 0.322 e. The van der Waals surface area contributed by atoms with Gasteiger partial charge in [0, 0.05) is 16.8 Å². The summed E-state index contributed by atoms with van der Waals surface area (Å²) < 4.78 is 0. The third-order valence-corrected chi connectivity index (χ3v) is 4.16. The maximum atomic E-state index is 12.6. The minimum atomic E-state index is -0.385. The van der Waals surface area contributed by atoms with Gasteiger partial charge in [0.05, 0.1) is 11.3 Å². The third-order valence-electron chi connectivity index (χ3n) is 4.16. The van der Waals surface area contributed by atoms with E-state index in [2.05, 4.69) is 10.6 Å². The number of rotatable bonds is 4. The van der Waals surface area contributed by atoms with Gasteiger partial charge < -0.3 is 10.6 Å². The number of amides is 2. The van der Waals surface area contributed by atoms with Crippen LogP contribution in [-0.4, -0.2) is 11.8 Å². The Morgan fingerprint density at radius 2 is 1.39 bits per heavy atom. The molecule has 0 saturated heterocycles. The molecule has 3 rings (SSSR count). The van der Waals surface area contributed by atoms with Gasteiger partial charge in [0.15, 0.2) is 0 Å². The number of benzene rings is 3. The Morgan fingerprint density at radius 1 is 0.786 bits per heavy atom. The summed E-state index contributed by atoms with van der Waals surface area (Å²) in [5, 5.41) is 14.7. The van der Waals surface area contributed by atoms with Crippen LogP contribution in [0.5, 0.6) is 0 Å². The van der Waals surface area contributed by atoms with E-state index in [1.165, 1.54) is 6.07 Å². The summed E-state index contributed by atoms with van der Waals surface area (Å²) in [6, 6.07) is 21.1. The minimum absolute atomic E-state index is 0.294. The van der Waals surface area contributed by atoms with Crippen molar-refractivity contribution in [1.29, 1.82) is 5.26 Å². The van der Waals surface area contributed by atoms with E-state index in [1.54, 1.807) is 42.5 Å². The molecule has 0 spiro atoms. The first-order valence-electron chi connectivity index (χ1n) is 8.76. The number of hydrogen-bond donors (Lipinski definition) is 2. The number of aryl methyl sites for hydroxylation is 2. The molecule has 0 bridgehead atoms. The zero-order valence-corrected chi connectivity index (χ0v) is 15.6. The molecule has 0 fully saturated rings. The number of carbonyl (C=O) groups is 2. The van der Waals surface area contributed by atoms with Crippen LogP contribution in [0.15, 0.2) is 66.7 Å². The average molecular weight is 369 g/mol. The van der Waals surface area contributed by atoms with Gasteiger partial charge in [-0.05, 0) is 67.4 Å². The van der Waals surface area contributed by atoms with Crippen molar-refractivity contribution >= 4 is 23.2 Å². The number of nitrogens with one attached hydrogen (secondary N) is 2. The summed E-state index contributed by atoms with van der Waals surface area (Å²) >= 11 is 0. The van der Waals surface area contributed by atoms with Gasteiger partial charge in [-0.15, -0.1) is 0 Å². The fourth-order valence-corrected chi connectivity index (χ4v) is 2.94. The van der Waals surface area contributed by atoms with Gasteiger partial charge in [0.1, 0.15) is 6.07 Å². The zero-order chi connectivity index (χ0) is 20.1. The average Bonchev–Trinajstić information content (AvgIpc) is 2.67. The number of hydrogen-bond acceptors (Lipinski definition) is 3. The van der Waals surface area contributed by atoms with Crippen LogP contribution in [0.3, 0.4) is 0 Å². The lowest BCUT2D eigenvalue weighted by Gasteiger charge is -2.10. The summed E-state index contributed by atoms with van der Waals surface area (Å²) in [7, 11) is 0. The second-order valence-electron chi connectivity index (χ2n) is 6.52. The van der Waals surface area contributed by atoms with Crippen molar-refractivity contribution in [3.63, 3.8) is 0 Å². The maximum absolute atomic E-state index is 12.6. The molecule has 28 heavy (non-hydrogen) atoms. The highest BCUT2D eigenvalue weighted by molar-refractivity contribution is 6.09. The molecule has 0 saturated carbocycles. The number of nitriles is 1. The van der Waals surface area contributed by atoms with Gasteiger partial charge in [0.25, 0.3) is 11.8 Å². The number of anilines is 2. The van der Waals surface area contributed by atoms with Crippen molar-refractivity contribution in [3.8, 4) is 6.07 Å². The topological polar surface area (TPSA) is 82.0 Å². The molecule has 0 atom stereocenters. The first-order chi connectivity index (χ1) is 13.5. The lowest BCUT2D eigenvalue weighted by Crippen LogP contribution is -2.16. The van der Waals surface area contributed by atoms with Gasteiger partial charge in [-0.3, -0.25) is 9.59 Å². The Hall–Kier alpha value is -3.91. The van der Waals surface area contributed by atoms with Crippen LogP contribution in [0, 0.1) is 25.2 Å². The summed E-state index contributed by atoms with van der Waals surface area (Å²) in [6.45, 7) is 3.93. The summed E-state index contributed by atoms with van der Waals surface area (Å²) in [5.74, 6) is -0.680. The normalized spacial score (nSPS) is 10.0. The van der Waals surface area contributed by atoms with Gasteiger partial charge in [0.2, 0.25) is 0 Å². The Labute approximate surface area is 163 Å². The molecule has 3 aromatic rings. The first-order valence-corrected chi connectivity index (χ1v) is 8.76. The lowest BCUT2D eigenvalue weighted by molar-refractivity contribution is 0.102. The molecular weight excluding hydrogens is 350 g/mol. The zero-order valence-electron chi connectivity index (χ0n) is 15.6. The molecule has 0 aromatic heterocycles. The molecule has 0 aliphatic rings.